The topological polar surface area (TPSA) is 58.5 Å². The molecule has 0 radical (unpaired) electrons. The molecule has 17 heavy (non-hydrogen) atoms. The van der Waals surface area contributed by atoms with Crippen molar-refractivity contribution in [1.29, 1.82) is 0 Å². The van der Waals surface area contributed by atoms with E-state index in [9.17, 15) is 14.1 Å². The lowest BCUT2D eigenvalue weighted by Gasteiger charge is -1.99. The standard InChI is InChI=1S/C12H11FN2O2/c13-10-3-1-2-8(5-10)4-9-6-11(14-7-9)12(16)15-17/h1-5,11,14H,6-7H2/b9-4+/t11-/m0/s1. The fourth-order valence-electron chi connectivity index (χ4n) is 1.84. The Morgan fingerprint density at radius 2 is 2.35 bits per heavy atom. The molecule has 2 rings (SSSR count). The minimum absolute atomic E-state index is 0.299. The van der Waals surface area contributed by atoms with Gasteiger partial charge in [-0.05, 0) is 24.1 Å². The van der Waals surface area contributed by atoms with Crippen molar-refractivity contribution in [1.82, 2.24) is 5.32 Å². The van der Waals surface area contributed by atoms with E-state index in [1.807, 2.05) is 6.08 Å². The van der Waals surface area contributed by atoms with Crippen LogP contribution in [0.1, 0.15) is 12.0 Å². The number of nitroso groups, excluding NO2 is 1. The zero-order chi connectivity index (χ0) is 12.3. The number of nitrogens with zero attached hydrogens (tertiary/aromatic N) is 1. The maximum Gasteiger partial charge on any atom is 0.303 e. The second-order valence-electron chi connectivity index (χ2n) is 3.92. The summed E-state index contributed by atoms with van der Waals surface area (Å²) in [6.07, 6.45) is 2.26. The van der Waals surface area contributed by atoms with Gasteiger partial charge >= 0.3 is 5.91 Å². The highest BCUT2D eigenvalue weighted by atomic mass is 19.1. The van der Waals surface area contributed by atoms with E-state index in [1.165, 1.54) is 12.1 Å². The Labute approximate surface area is 97.5 Å². The molecular formula is C12H11FN2O2. The van der Waals surface area contributed by atoms with E-state index >= 15 is 0 Å². The molecule has 1 N–H and O–H groups in total. The number of carbonyl (C=O) groups excluding carboxylic acids is 1. The highest BCUT2D eigenvalue weighted by molar-refractivity contribution is 5.83. The van der Waals surface area contributed by atoms with Crippen LogP contribution in [0.2, 0.25) is 0 Å². The smallest absolute Gasteiger partial charge is 0.302 e. The van der Waals surface area contributed by atoms with E-state index in [2.05, 4.69) is 10.5 Å². The van der Waals surface area contributed by atoms with Crippen LogP contribution in [-0.2, 0) is 4.79 Å². The molecule has 1 aromatic rings. The molecule has 5 heteroatoms. The van der Waals surface area contributed by atoms with Crippen molar-refractivity contribution in [3.8, 4) is 0 Å². The molecule has 1 amide bonds. The molecule has 0 saturated carbocycles. The summed E-state index contributed by atoms with van der Waals surface area (Å²) in [5.74, 6) is -0.986. The second-order valence-corrected chi connectivity index (χ2v) is 3.92. The van der Waals surface area contributed by atoms with Gasteiger partial charge in [-0.3, -0.25) is 4.79 Å². The summed E-state index contributed by atoms with van der Waals surface area (Å²) in [6, 6.07) is 5.66. The van der Waals surface area contributed by atoms with Crippen molar-refractivity contribution in [3.63, 3.8) is 0 Å². The predicted molar refractivity (Wildman–Crippen MR) is 61.6 cm³/mol. The van der Waals surface area contributed by atoms with Crippen LogP contribution in [0.25, 0.3) is 6.08 Å². The Bertz CT molecular complexity index is 485. The van der Waals surface area contributed by atoms with Crippen molar-refractivity contribution in [2.24, 2.45) is 5.18 Å². The van der Waals surface area contributed by atoms with E-state index in [0.717, 1.165) is 11.1 Å². The van der Waals surface area contributed by atoms with Gasteiger partial charge in [0.25, 0.3) is 0 Å². The Hall–Kier alpha value is -1.88. The van der Waals surface area contributed by atoms with Gasteiger partial charge < -0.3 is 5.32 Å². The largest absolute Gasteiger partial charge is 0.303 e. The van der Waals surface area contributed by atoms with Gasteiger partial charge in [-0.25, -0.2) is 4.39 Å². The predicted octanol–water partition coefficient (Wildman–Crippen LogP) is 1.86. The zero-order valence-corrected chi connectivity index (χ0v) is 9.02. The van der Waals surface area contributed by atoms with E-state index in [4.69, 9.17) is 0 Å². The molecule has 0 unspecified atom stereocenters. The van der Waals surface area contributed by atoms with Gasteiger partial charge in [0.1, 0.15) is 5.82 Å². The van der Waals surface area contributed by atoms with Gasteiger partial charge in [-0.15, -0.1) is 4.91 Å². The number of rotatable bonds is 2. The number of hydrogen-bond donors (Lipinski definition) is 1. The van der Waals surface area contributed by atoms with Crippen LogP contribution >= 0.6 is 0 Å². The first kappa shape index (κ1) is 11.6. The third-order valence-corrected chi connectivity index (χ3v) is 2.65. The number of nitrogens with one attached hydrogen (secondary N) is 1. The normalized spacial score (nSPS) is 21.7. The average molecular weight is 234 g/mol. The van der Waals surface area contributed by atoms with Gasteiger partial charge in [-0.2, -0.15) is 0 Å². The van der Waals surface area contributed by atoms with Gasteiger partial charge in [0, 0.05) is 11.7 Å². The molecule has 0 aromatic heterocycles. The average Bonchev–Trinajstić information content (AvgIpc) is 2.76. The number of halogens is 1. The third-order valence-electron chi connectivity index (χ3n) is 2.65. The van der Waals surface area contributed by atoms with Gasteiger partial charge in [0.2, 0.25) is 0 Å². The summed E-state index contributed by atoms with van der Waals surface area (Å²) >= 11 is 0. The summed E-state index contributed by atoms with van der Waals surface area (Å²) in [5, 5.41) is 5.27. The number of benzene rings is 1. The monoisotopic (exact) mass is 234 g/mol. The molecule has 0 spiro atoms. The van der Waals surface area contributed by atoms with Crippen LogP contribution in [-0.4, -0.2) is 18.5 Å². The molecule has 4 nitrogen and oxygen atoms in total. The lowest BCUT2D eigenvalue weighted by molar-refractivity contribution is -0.119. The van der Waals surface area contributed by atoms with Crippen LogP contribution in [0.4, 0.5) is 4.39 Å². The van der Waals surface area contributed by atoms with Crippen molar-refractivity contribution in [2.45, 2.75) is 12.5 Å². The first-order valence-corrected chi connectivity index (χ1v) is 5.24. The SMILES string of the molecule is O=NC(=O)[C@@H]1C/C(=C\c2cccc(F)c2)CN1. The molecule has 88 valence electrons. The molecule has 0 bridgehead atoms. The molecule has 1 saturated heterocycles. The van der Waals surface area contributed by atoms with Gasteiger partial charge in [-0.1, -0.05) is 23.8 Å². The maximum absolute atomic E-state index is 12.9. The highest BCUT2D eigenvalue weighted by Gasteiger charge is 2.25. The van der Waals surface area contributed by atoms with Crippen LogP contribution in [0.5, 0.6) is 0 Å². The fourth-order valence-corrected chi connectivity index (χ4v) is 1.84. The maximum atomic E-state index is 12.9. The highest BCUT2D eigenvalue weighted by Crippen LogP contribution is 2.18. The Morgan fingerprint density at radius 3 is 3.06 bits per heavy atom. The first-order chi connectivity index (χ1) is 8.19. The number of amides is 1. The van der Waals surface area contributed by atoms with E-state index in [1.54, 1.807) is 12.1 Å². The fraction of sp³-hybridized carbons (Fsp3) is 0.250. The summed E-state index contributed by atoms with van der Waals surface area (Å²) in [5.41, 5.74) is 1.70. The molecule has 1 atom stereocenters. The third kappa shape index (κ3) is 2.82. The van der Waals surface area contributed by atoms with Crippen LogP contribution in [0, 0.1) is 10.7 Å². The van der Waals surface area contributed by atoms with Crippen molar-refractivity contribution in [3.05, 3.63) is 46.1 Å². The van der Waals surface area contributed by atoms with E-state index < -0.39 is 11.9 Å². The molecule has 1 heterocycles. The van der Waals surface area contributed by atoms with Crippen molar-refractivity contribution >= 4 is 12.0 Å². The van der Waals surface area contributed by atoms with Gasteiger partial charge in [0.15, 0.2) is 0 Å². The zero-order valence-electron chi connectivity index (χ0n) is 9.02. The second kappa shape index (κ2) is 4.97. The Balaban J connectivity index is 2.10. The quantitative estimate of drug-likeness (QED) is 0.794. The van der Waals surface area contributed by atoms with Crippen molar-refractivity contribution < 1.29 is 9.18 Å². The number of carbonyl (C=O) groups is 1. The summed E-state index contributed by atoms with van der Waals surface area (Å²) < 4.78 is 12.9. The molecule has 1 aliphatic rings. The minimum Gasteiger partial charge on any atom is -0.302 e. The summed E-state index contributed by atoms with van der Waals surface area (Å²) in [4.78, 5) is 21.1. The van der Waals surface area contributed by atoms with Crippen LogP contribution in [0.15, 0.2) is 35.0 Å². The molecule has 1 fully saturated rings. The lowest BCUT2D eigenvalue weighted by Crippen LogP contribution is -2.28. The van der Waals surface area contributed by atoms with Crippen LogP contribution < -0.4 is 5.32 Å². The first-order valence-electron chi connectivity index (χ1n) is 5.24. The van der Waals surface area contributed by atoms with Gasteiger partial charge in [0.05, 0.1) is 6.04 Å². The Kier molecular flexibility index (Phi) is 3.39. The molecule has 1 aliphatic heterocycles. The molecular weight excluding hydrogens is 223 g/mol. The minimum atomic E-state index is -0.687. The van der Waals surface area contributed by atoms with Crippen molar-refractivity contribution in [2.75, 3.05) is 6.54 Å². The summed E-state index contributed by atoms with van der Waals surface area (Å²) in [7, 11) is 0. The van der Waals surface area contributed by atoms with E-state index in [0.29, 0.717) is 13.0 Å². The number of hydrogen-bond acceptors (Lipinski definition) is 3. The molecule has 0 aliphatic carbocycles. The van der Waals surface area contributed by atoms with E-state index in [-0.39, 0.29) is 5.82 Å². The molecule has 1 aromatic carbocycles. The summed E-state index contributed by atoms with van der Waals surface area (Å²) in [6.45, 7) is 0.516. The Morgan fingerprint density at radius 1 is 1.53 bits per heavy atom. The lowest BCUT2D eigenvalue weighted by atomic mass is 10.1. The van der Waals surface area contributed by atoms with Crippen LogP contribution in [0.3, 0.4) is 0 Å².